The summed E-state index contributed by atoms with van der Waals surface area (Å²) in [5, 5.41) is 9.56. The molecule has 1 rings (SSSR count). The van der Waals surface area contributed by atoms with Crippen LogP contribution in [-0.2, 0) is 0 Å². The summed E-state index contributed by atoms with van der Waals surface area (Å²) in [5.41, 5.74) is 5.85. The Morgan fingerprint density at radius 3 is 2.70 bits per heavy atom. The lowest BCUT2D eigenvalue weighted by Gasteiger charge is -2.29. The van der Waals surface area contributed by atoms with Crippen molar-refractivity contribution in [2.24, 2.45) is 5.73 Å². The van der Waals surface area contributed by atoms with Crippen LogP contribution in [0, 0.1) is 0 Å². The normalized spacial score (nSPS) is 39.6. The van der Waals surface area contributed by atoms with Crippen molar-refractivity contribution in [1.29, 1.82) is 0 Å². The molecule has 0 bridgehead atoms. The Labute approximate surface area is 61.0 Å². The predicted molar refractivity (Wildman–Crippen MR) is 41.5 cm³/mol. The lowest BCUT2D eigenvalue weighted by molar-refractivity contribution is 0.0926. The molecule has 2 nitrogen and oxygen atoms in total. The minimum absolute atomic E-state index is 0.252. The van der Waals surface area contributed by atoms with Crippen LogP contribution < -0.4 is 5.73 Å². The Bertz CT molecular complexity index is 191. The minimum Gasteiger partial charge on any atom is -0.384 e. The van der Waals surface area contributed by atoms with Gasteiger partial charge in [0.05, 0.1) is 11.6 Å². The molecule has 2 unspecified atom stereocenters. The largest absolute Gasteiger partial charge is 0.384 e. The van der Waals surface area contributed by atoms with Gasteiger partial charge in [-0.15, -0.1) is 0 Å². The van der Waals surface area contributed by atoms with Crippen molar-refractivity contribution in [1.82, 2.24) is 0 Å². The molecule has 1 aliphatic rings. The molecule has 10 heavy (non-hydrogen) atoms. The molecule has 0 aromatic carbocycles. The van der Waals surface area contributed by atoms with E-state index in [2.05, 4.69) is 0 Å². The van der Waals surface area contributed by atoms with E-state index in [1.54, 1.807) is 13.0 Å². The first kappa shape index (κ1) is 7.51. The summed E-state index contributed by atoms with van der Waals surface area (Å²) in [4.78, 5) is 0. The molecule has 0 aliphatic heterocycles. The van der Waals surface area contributed by atoms with E-state index in [1.807, 2.05) is 19.1 Å². The van der Waals surface area contributed by atoms with Gasteiger partial charge in [-0.05, 0) is 13.8 Å². The molecule has 0 aromatic heterocycles. The third kappa shape index (κ3) is 1.13. The summed E-state index contributed by atoms with van der Waals surface area (Å²) in [6.07, 6.45) is 5.46. The fraction of sp³-hybridized carbons (Fsp3) is 0.500. The highest BCUT2D eigenvalue weighted by Gasteiger charge is 2.28. The predicted octanol–water partition coefficient (Wildman–Crippen LogP) is 0.581. The SMILES string of the molecule is CC1=CC=CC(C)(O)C1N. The highest BCUT2D eigenvalue weighted by atomic mass is 16.3. The topological polar surface area (TPSA) is 46.2 Å². The van der Waals surface area contributed by atoms with Gasteiger partial charge >= 0.3 is 0 Å². The Morgan fingerprint density at radius 1 is 1.70 bits per heavy atom. The molecule has 0 aromatic rings. The van der Waals surface area contributed by atoms with Crippen molar-refractivity contribution in [3.05, 3.63) is 23.8 Å². The van der Waals surface area contributed by atoms with Crippen LogP contribution in [0.4, 0.5) is 0 Å². The molecule has 0 heterocycles. The lowest BCUT2D eigenvalue weighted by atomic mass is 9.87. The maximum absolute atomic E-state index is 9.56. The van der Waals surface area contributed by atoms with Crippen LogP contribution in [0.5, 0.6) is 0 Å². The van der Waals surface area contributed by atoms with Gasteiger partial charge in [-0.3, -0.25) is 0 Å². The van der Waals surface area contributed by atoms with E-state index >= 15 is 0 Å². The molecule has 0 saturated heterocycles. The van der Waals surface area contributed by atoms with Gasteiger partial charge in [0.25, 0.3) is 0 Å². The van der Waals surface area contributed by atoms with Crippen molar-refractivity contribution in [2.45, 2.75) is 25.5 Å². The third-order valence-electron chi connectivity index (χ3n) is 1.91. The molecule has 0 saturated carbocycles. The van der Waals surface area contributed by atoms with Gasteiger partial charge in [-0.1, -0.05) is 23.8 Å². The fourth-order valence-electron chi connectivity index (χ4n) is 1.06. The van der Waals surface area contributed by atoms with E-state index in [9.17, 15) is 5.11 Å². The number of hydrogen-bond donors (Lipinski definition) is 2. The molecular formula is C8H13NO. The highest BCUT2D eigenvalue weighted by molar-refractivity contribution is 5.29. The first-order valence-corrected chi connectivity index (χ1v) is 3.38. The van der Waals surface area contributed by atoms with Crippen LogP contribution in [0.1, 0.15) is 13.8 Å². The number of hydrogen-bond acceptors (Lipinski definition) is 2. The standard InChI is InChI=1S/C8H13NO/c1-6-4-3-5-8(2,10)7(6)9/h3-5,7,10H,9H2,1-2H3. The first-order chi connectivity index (χ1) is 4.54. The molecule has 0 radical (unpaired) electrons. The second-order valence-electron chi connectivity index (χ2n) is 2.97. The van der Waals surface area contributed by atoms with Crippen LogP contribution in [-0.4, -0.2) is 16.7 Å². The summed E-state index contributed by atoms with van der Waals surface area (Å²) in [6, 6.07) is -0.252. The van der Waals surface area contributed by atoms with Crippen LogP contribution in [0.15, 0.2) is 23.8 Å². The zero-order chi connectivity index (χ0) is 7.78. The summed E-state index contributed by atoms with van der Waals surface area (Å²) in [7, 11) is 0. The van der Waals surface area contributed by atoms with E-state index in [1.165, 1.54) is 0 Å². The molecule has 56 valence electrons. The van der Waals surface area contributed by atoms with Crippen molar-refractivity contribution in [2.75, 3.05) is 0 Å². The third-order valence-corrected chi connectivity index (χ3v) is 1.91. The second-order valence-corrected chi connectivity index (χ2v) is 2.97. The number of aliphatic hydroxyl groups is 1. The molecular weight excluding hydrogens is 126 g/mol. The summed E-state index contributed by atoms with van der Waals surface area (Å²) in [6.45, 7) is 3.63. The quantitative estimate of drug-likeness (QED) is 0.515. The van der Waals surface area contributed by atoms with E-state index in [-0.39, 0.29) is 6.04 Å². The monoisotopic (exact) mass is 139 g/mol. The molecule has 3 N–H and O–H groups in total. The van der Waals surface area contributed by atoms with E-state index in [4.69, 9.17) is 5.73 Å². The van der Waals surface area contributed by atoms with Gasteiger partial charge in [-0.25, -0.2) is 0 Å². The van der Waals surface area contributed by atoms with E-state index in [0.717, 1.165) is 5.57 Å². The fourth-order valence-corrected chi connectivity index (χ4v) is 1.06. The second kappa shape index (κ2) is 2.22. The number of allylic oxidation sites excluding steroid dienone is 2. The van der Waals surface area contributed by atoms with Gasteiger partial charge < -0.3 is 10.8 Å². The van der Waals surface area contributed by atoms with Crippen LogP contribution in [0.3, 0.4) is 0 Å². The van der Waals surface area contributed by atoms with E-state index in [0.29, 0.717) is 0 Å². The van der Waals surface area contributed by atoms with Crippen molar-refractivity contribution < 1.29 is 5.11 Å². The van der Waals surface area contributed by atoms with Gasteiger partial charge in [0.2, 0.25) is 0 Å². The maximum atomic E-state index is 9.56. The highest BCUT2D eigenvalue weighted by Crippen LogP contribution is 2.20. The molecule has 1 aliphatic carbocycles. The molecule has 0 spiro atoms. The van der Waals surface area contributed by atoms with Crippen molar-refractivity contribution >= 4 is 0 Å². The zero-order valence-electron chi connectivity index (χ0n) is 6.33. The first-order valence-electron chi connectivity index (χ1n) is 3.38. The summed E-state index contributed by atoms with van der Waals surface area (Å²) < 4.78 is 0. The van der Waals surface area contributed by atoms with Gasteiger partial charge in [0, 0.05) is 0 Å². The average molecular weight is 139 g/mol. The lowest BCUT2D eigenvalue weighted by Crippen LogP contribution is -2.45. The number of rotatable bonds is 0. The average Bonchev–Trinajstić information content (AvgIpc) is 1.83. The zero-order valence-corrected chi connectivity index (χ0v) is 6.33. The molecule has 2 atom stereocenters. The van der Waals surface area contributed by atoms with Crippen LogP contribution in [0.2, 0.25) is 0 Å². The molecule has 0 amide bonds. The van der Waals surface area contributed by atoms with Crippen molar-refractivity contribution in [3.63, 3.8) is 0 Å². The Hall–Kier alpha value is -0.600. The maximum Gasteiger partial charge on any atom is 0.0991 e. The Kier molecular flexibility index (Phi) is 1.67. The Morgan fingerprint density at radius 2 is 2.30 bits per heavy atom. The molecule has 0 fully saturated rings. The molecule has 2 heteroatoms. The van der Waals surface area contributed by atoms with E-state index < -0.39 is 5.60 Å². The summed E-state index contributed by atoms with van der Waals surface area (Å²) >= 11 is 0. The van der Waals surface area contributed by atoms with Gasteiger partial charge in [0.1, 0.15) is 0 Å². The van der Waals surface area contributed by atoms with Gasteiger partial charge in [-0.2, -0.15) is 0 Å². The van der Waals surface area contributed by atoms with Crippen LogP contribution in [0.25, 0.3) is 0 Å². The van der Waals surface area contributed by atoms with Gasteiger partial charge in [0.15, 0.2) is 0 Å². The minimum atomic E-state index is -0.862. The Balaban J connectivity index is 2.89. The number of nitrogens with two attached hydrogens (primary N) is 1. The van der Waals surface area contributed by atoms with Crippen LogP contribution >= 0.6 is 0 Å². The van der Waals surface area contributed by atoms with Crippen molar-refractivity contribution in [3.8, 4) is 0 Å². The summed E-state index contributed by atoms with van der Waals surface area (Å²) in [5.74, 6) is 0. The smallest absolute Gasteiger partial charge is 0.0991 e.